The second kappa shape index (κ2) is 3.85. The van der Waals surface area contributed by atoms with Gasteiger partial charge in [-0.25, -0.2) is 9.97 Å². The van der Waals surface area contributed by atoms with Gasteiger partial charge in [-0.3, -0.25) is 0 Å². The largest absolute Gasteiger partial charge is 0.237 e. The highest BCUT2D eigenvalue weighted by Gasteiger charge is 2.06. The fourth-order valence-corrected chi connectivity index (χ4v) is 1.12. The molecule has 1 aromatic rings. The number of rotatable bonds is 2. The Balaban J connectivity index is 3.06. The summed E-state index contributed by atoms with van der Waals surface area (Å²) in [4.78, 5) is 8.55. The summed E-state index contributed by atoms with van der Waals surface area (Å²) in [6.45, 7) is 5.92. The Bertz CT molecular complexity index is 271. The van der Waals surface area contributed by atoms with E-state index in [0.717, 1.165) is 23.6 Å². The topological polar surface area (TPSA) is 25.8 Å². The van der Waals surface area contributed by atoms with Crippen molar-refractivity contribution < 1.29 is 0 Å². The molecule has 1 unspecified atom stereocenters. The van der Waals surface area contributed by atoms with Gasteiger partial charge in [0.25, 0.3) is 0 Å². The Morgan fingerprint density at radius 3 is 2.67 bits per heavy atom. The molecule has 12 heavy (non-hydrogen) atoms. The van der Waals surface area contributed by atoms with Gasteiger partial charge in [0.15, 0.2) is 0 Å². The molecule has 2 nitrogen and oxygen atoms in total. The molecule has 0 N–H and O–H groups in total. The van der Waals surface area contributed by atoms with E-state index in [-0.39, 0.29) is 5.38 Å². The van der Waals surface area contributed by atoms with Gasteiger partial charge in [0, 0.05) is 11.4 Å². The molecule has 0 bridgehead atoms. The number of aromatic nitrogens is 2. The van der Waals surface area contributed by atoms with Gasteiger partial charge in [0.1, 0.15) is 5.82 Å². The maximum absolute atomic E-state index is 5.88. The van der Waals surface area contributed by atoms with Crippen LogP contribution in [-0.4, -0.2) is 9.97 Å². The summed E-state index contributed by atoms with van der Waals surface area (Å²) < 4.78 is 0. The van der Waals surface area contributed by atoms with Crippen molar-refractivity contribution in [3.8, 4) is 0 Å². The second-order valence-corrected chi connectivity index (χ2v) is 3.48. The van der Waals surface area contributed by atoms with Gasteiger partial charge in [-0.2, -0.15) is 0 Å². The lowest BCUT2D eigenvalue weighted by molar-refractivity contribution is 0.851. The maximum Gasteiger partial charge on any atom is 0.146 e. The van der Waals surface area contributed by atoms with E-state index in [1.165, 1.54) is 0 Å². The van der Waals surface area contributed by atoms with Crippen molar-refractivity contribution in [3.05, 3.63) is 23.3 Å². The van der Waals surface area contributed by atoms with Crippen LogP contribution in [0.2, 0.25) is 0 Å². The molecule has 0 saturated carbocycles. The number of hydrogen-bond donors (Lipinski definition) is 0. The summed E-state index contributed by atoms with van der Waals surface area (Å²) in [5, 5.41) is -0.102. The Morgan fingerprint density at radius 2 is 2.17 bits per heavy atom. The fourth-order valence-electron chi connectivity index (χ4n) is 1.02. The van der Waals surface area contributed by atoms with Crippen LogP contribution in [0, 0.1) is 6.92 Å². The summed E-state index contributed by atoms with van der Waals surface area (Å²) in [7, 11) is 0. The predicted octanol–water partition coefficient (Wildman–Crippen LogP) is 2.65. The molecule has 1 aromatic heterocycles. The molecule has 0 aromatic carbocycles. The van der Waals surface area contributed by atoms with E-state index in [1.807, 2.05) is 19.9 Å². The van der Waals surface area contributed by atoms with Crippen molar-refractivity contribution >= 4 is 11.6 Å². The standard InChI is InChI=1S/C9H13ClN2/c1-4-8-5-6(2)11-9(12-8)7(3)10/h5,7H,4H2,1-3H3. The first-order chi connectivity index (χ1) is 5.63. The van der Waals surface area contributed by atoms with Crippen molar-refractivity contribution in [1.29, 1.82) is 0 Å². The van der Waals surface area contributed by atoms with Crippen LogP contribution in [0.4, 0.5) is 0 Å². The zero-order chi connectivity index (χ0) is 9.14. The van der Waals surface area contributed by atoms with Gasteiger partial charge in [-0.05, 0) is 26.3 Å². The van der Waals surface area contributed by atoms with Gasteiger partial charge in [0.05, 0.1) is 5.38 Å². The van der Waals surface area contributed by atoms with E-state index in [2.05, 4.69) is 16.9 Å². The Hall–Kier alpha value is -0.630. The molecule has 1 heterocycles. The minimum absolute atomic E-state index is 0.102. The fraction of sp³-hybridized carbons (Fsp3) is 0.556. The Morgan fingerprint density at radius 1 is 1.50 bits per heavy atom. The highest BCUT2D eigenvalue weighted by atomic mass is 35.5. The molecule has 0 saturated heterocycles. The first-order valence-electron chi connectivity index (χ1n) is 4.12. The lowest BCUT2D eigenvalue weighted by Gasteiger charge is -2.04. The van der Waals surface area contributed by atoms with Crippen LogP contribution in [0.25, 0.3) is 0 Å². The van der Waals surface area contributed by atoms with Crippen molar-refractivity contribution in [3.63, 3.8) is 0 Å². The van der Waals surface area contributed by atoms with Crippen molar-refractivity contribution in [2.45, 2.75) is 32.6 Å². The lowest BCUT2D eigenvalue weighted by Crippen LogP contribution is -2.00. The zero-order valence-electron chi connectivity index (χ0n) is 7.63. The van der Waals surface area contributed by atoms with E-state index >= 15 is 0 Å². The molecule has 1 atom stereocenters. The quantitative estimate of drug-likeness (QED) is 0.661. The van der Waals surface area contributed by atoms with Crippen LogP contribution < -0.4 is 0 Å². The highest BCUT2D eigenvalue weighted by Crippen LogP contribution is 2.15. The first kappa shape index (κ1) is 9.46. The average molecular weight is 185 g/mol. The van der Waals surface area contributed by atoms with Gasteiger partial charge in [0.2, 0.25) is 0 Å². The van der Waals surface area contributed by atoms with E-state index in [9.17, 15) is 0 Å². The van der Waals surface area contributed by atoms with Gasteiger partial charge >= 0.3 is 0 Å². The third-order valence-electron chi connectivity index (χ3n) is 1.64. The van der Waals surface area contributed by atoms with E-state index in [4.69, 9.17) is 11.6 Å². The van der Waals surface area contributed by atoms with Gasteiger partial charge < -0.3 is 0 Å². The average Bonchev–Trinajstić information content (AvgIpc) is 2.03. The zero-order valence-corrected chi connectivity index (χ0v) is 8.39. The maximum atomic E-state index is 5.88. The molecule has 0 amide bonds. The molecular formula is C9H13ClN2. The van der Waals surface area contributed by atoms with Crippen LogP contribution in [0.5, 0.6) is 0 Å². The van der Waals surface area contributed by atoms with Crippen molar-refractivity contribution in [2.75, 3.05) is 0 Å². The molecule has 1 rings (SSSR count). The minimum Gasteiger partial charge on any atom is -0.237 e. The number of alkyl halides is 1. The Labute approximate surface area is 78.0 Å². The molecule has 0 fully saturated rings. The second-order valence-electron chi connectivity index (χ2n) is 2.83. The third-order valence-corrected chi connectivity index (χ3v) is 1.84. The van der Waals surface area contributed by atoms with Crippen molar-refractivity contribution in [2.24, 2.45) is 0 Å². The number of halogens is 1. The number of aryl methyl sites for hydroxylation is 2. The number of hydrogen-bond acceptors (Lipinski definition) is 2. The molecule has 0 aliphatic carbocycles. The van der Waals surface area contributed by atoms with Crippen LogP contribution in [-0.2, 0) is 6.42 Å². The summed E-state index contributed by atoms with van der Waals surface area (Å²) >= 11 is 5.88. The molecular weight excluding hydrogens is 172 g/mol. The van der Waals surface area contributed by atoms with Crippen LogP contribution in [0.3, 0.4) is 0 Å². The van der Waals surface area contributed by atoms with Crippen LogP contribution >= 0.6 is 11.6 Å². The normalized spacial score (nSPS) is 13.0. The van der Waals surface area contributed by atoms with E-state index in [1.54, 1.807) is 0 Å². The van der Waals surface area contributed by atoms with Gasteiger partial charge in [-0.15, -0.1) is 11.6 Å². The SMILES string of the molecule is CCc1cc(C)nc(C(C)Cl)n1. The third kappa shape index (κ3) is 2.18. The van der Waals surface area contributed by atoms with E-state index in [0.29, 0.717) is 0 Å². The monoisotopic (exact) mass is 184 g/mol. The number of nitrogens with zero attached hydrogens (tertiary/aromatic N) is 2. The highest BCUT2D eigenvalue weighted by molar-refractivity contribution is 6.20. The molecule has 0 spiro atoms. The first-order valence-corrected chi connectivity index (χ1v) is 4.55. The molecule has 0 aliphatic heterocycles. The van der Waals surface area contributed by atoms with E-state index < -0.39 is 0 Å². The summed E-state index contributed by atoms with van der Waals surface area (Å²) in [5.41, 5.74) is 2.05. The Kier molecular flexibility index (Phi) is 3.04. The molecule has 0 aliphatic rings. The minimum atomic E-state index is -0.102. The molecule has 0 radical (unpaired) electrons. The van der Waals surface area contributed by atoms with Crippen LogP contribution in [0.1, 0.15) is 36.4 Å². The van der Waals surface area contributed by atoms with Crippen LogP contribution in [0.15, 0.2) is 6.07 Å². The van der Waals surface area contributed by atoms with Crippen molar-refractivity contribution in [1.82, 2.24) is 9.97 Å². The summed E-state index contributed by atoms with van der Waals surface area (Å²) in [6.07, 6.45) is 0.931. The smallest absolute Gasteiger partial charge is 0.146 e. The lowest BCUT2D eigenvalue weighted by atomic mass is 10.2. The summed E-state index contributed by atoms with van der Waals surface area (Å²) in [5.74, 6) is 0.730. The van der Waals surface area contributed by atoms with Gasteiger partial charge in [-0.1, -0.05) is 6.92 Å². The predicted molar refractivity (Wildman–Crippen MR) is 50.4 cm³/mol. The summed E-state index contributed by atoms with van der Waals surface area (Å²) in [6, 6.07) is 1.99. The molecule has 3 heteroatoms. The molecule has 66 valence electrons.